The number of aromatic nitrogens is 3. The van der Waals surface area contributed by atoms with Gasteiger partial charge in [0, 0.05) is 16.6 Å². The molecule has 43 heavy (non-hydrogen) atoms. The van der Waals surface area contributed by atoms with Gasteiger partial charge in [-0.25, -0.2) is 0 Å². The average Bonchev–Trinajstić information content (AvgIpc) is 3.80. The molecule has 4 heterocycles. The van der Waals surface area contributed by atoms with Crippen molar-refractivity contribution in [1.82, 2.24) is 14.6 Å². The molecule has 0 fully saturated rings. The number of hydrogen-bond donors (Lipinski definition) is 0. The van der Waals surface area contributed by atoms with Gasteiger partial charge < -0.3 is 0 Å². The van der Waals surface area contributed by atoms with Crippen LogP contribution >= 0.6 is 34.2 Å². The Bertz CT molecular complexity index is 1190. The van der Waals surface area contributed by atoms with Gasteiger partial charge in [-0.15, -0.1) is 27.8 Å². The van der Waals surface area contributed by atoms with E-state index in [0.717, 1.165) is 11.2 Å². The average molecular weight is 638 g/mol. The maximum absolute atomic E-state index is 4.95. The van der Waals surface area contributed by atoms with Gasteiger partial charge in [-0.05, 0) is 71.2 Å². The minimum absolute atomic E-state index is 0.958. The Kier molecular flexibility index (Phi) is 16.3. The Hall–Kier alpha value is -1.63. The molecule has 0 atom stereocenters. The molecule has 0 spiro atoms. The zero-order chi connectivity index (χ0) is 30.0. The number of thiophene rings is 2. The summed E-state index contributed by atoms with van der Waals surface area (Å²) >= 11 is 5.15. The summed E-state index contributed by atoms with van der Waals surface area (Å²) in [6.45, 7) is 4.58. The van der Waals surface area contributed by atoms with Gasteiger partial charge in [-0.3, -0.25) is 4.98 Å². The molecular formula is C37H55N3S3. The predicted octanol–water partition coefficient (Wildman–Crippen LogP) is 13.5. The second-order valence-corrected chi connectivity index (χ2v) is 15.1. The van der Waals surface area contributed by atoms with E-state index in [1.807, 2.05) is 11.3 Å². The topological polar surface area (TPSA) is 38.7 Å². The number of rotatable bonds is 24. The molecule has 0 N–H and O–H groups in total. The molecule has 4 rings (SSSR count). The van der Waals surface area contributed by atoms with Crippen molar-refractivity contribution in [2.24, 2.45) is 0 Å². The minimum Gasteiger partial charge on any atom is -0.252 e. The Labute approximate surface area is 274 Å². The van der Waals surface area contributed by atoms with Gasteiger partial charge in [0.2, 0.25) is 0 Å². The third kappa shape index (κ3) is 11.7. The van der Waals surface area contributed by atoms with Crippen molar-refractivity contribution in [3.63, 3.8) is 0 Å². The Morgan fingerprint density at radius 3 is 1.56 bits per heavy atom. The van der Waals surface area contributed by atoms with Crippen molar-refractivity contribution in [3.8, 4) is 21.0 Å². The third-order valence-corrected chi connectivity index (χ3v) is 11.5. The largest absolute Gasteiger partial charge is 0.252 e. The van der Waals surface area contributed by atoms with E-state index in [9.17, 15) is 0 Å². The highest BCUT2D eigenvalue weighted by atomic mass is 32.1. The van der Waals surface area contributed by atoms with E-state index in [1.54, 1.807) is 11.3 Å². The molecule has 0 saturated heterocycles. The molecule has 0 aliphatic carbocycles. The van der Waals surface area contributed by atoms with Crippen LogP contribution in [0.2, 0.25) is 0 Å². The van der Waals surface area contributed by atoms with Crippen LogP contribution in [-0.2, 0) is 12.8 Å². The van der Waals surface area contributed by atoms with Crippen molar-refractivity contribution in [2.75, 3.05) is 0 Å². The van der Waals surface area contributed by atoms with Crippen molar-refractivity contribution >= 4 is 44.4 Å². The molecule has 3 nitrogen and oxygen atoms in total. The van der Waals surface area contributed by atoms with Crippen molar-refractivity contribution in [2.45, 2.75) is 155 Å². The molecule has 0 aliphatic heterocycles. The van der Waals surface area contributed by atoms with E-state index in [4.69, 9.17) is 4.98 Å². The fourth-order valence-electron chi connectivity index (χ4n) is 6.04. The summed E-state index contributed by atoms with van der Waals surface area (Å²) in [5.41, 5.74) is 6.05. The smallest absolute Gasteiger partial charge is 0.133 e. The molecular weight excluding hydrogens is 583 g/mol. The lowest BCUT2D eigenvalue weighted by Crippen LogP contribution is -1.87. The summed E-state index contributed by atoms with van der Waals surface area (Å²) < 4.78 is 5.53. The van der Waals surface area contributed by atoms with Crippen LogP contribution < -0.4 is 0 Å². The minimum atomic E-state index is 0.958. The van der Waals surface area contributed by atoms with Crippen LogP contribution in [0.4, 0.5) is 0 Å². The van der Waals surface area contributed by atoms with Gasteiger partial charge >= 0.3 is 0 Å². The molecule has 6 heteroatoms. The van der Waals surface area contributed by atoms with Crippen molar-refractivity contribution < 1.29 is 0 Å². The zero-order valence-corrected chi connectivity index (χ0v) is 29.5. The lowest BCUT2D eigenvalue weighted by molar-refractivity contribution is 0.556. The van der Waals surface area contributed by atoms with Gasteiger partial charge in [0.05, 0.1) is 9.58 Å². The summed E-state index contributed by atoms with van der Waals surface area (Å²) in [4.78, 5) is 7.47. The summed E-state index contributed by atoms with van der Waals surface area (Å²) in [5, 5.41) is 9.21. The van der Waals surface area contributed by atoms with Crippen LogP contribution in [0.5, 0.6) is 0 Å². The molecule has 0 amide bonds. The number of unbranched alkanes of at least 4 members (excludes halogenated alkanes) is 18. The van der Waals surface area contributed by atoms with Crippen LogP contribution in [0.3, 0.4) is 0 Å². The molecule has 4 aromatic rings. The normalized spacial score (nSPS) is 11.7. The lowest BCUT2D eigenvalue weighted by atomic mass is 10.0. The van der Waals surface area contributed by atoms with E-state index < -0.39 is 0 Å². The zero-order valence-electron chi connectivity index (χ0n) is 27.0. The highest BCUT2D eigenvalue weighted by Gasteiger charge is 2.17. The van der Waals surface area contributed by atoms with E-state index in [2.05, 4.69) is 52.5 Å². The highest BCUT2D eigenvalue weighted by molar-refractivity contribution is 7.16. The first kappa shape index (κ1) is 34.2. The molecule has 236 valence electrons. The van der Waals surface area contributed by atoms with Crippen molar-refractivity contribution in [3.05, 3.63) is 40.2 Å². The highest BCUT2D eigenvalue weighted by Crippen LogP contribution is 2.39. The van der Waals surface area contributed by atoms with Gasteiger partial charge in [0.1, 0.15) is 11.2 Å². The Balaban J connectivity index is 1.21. The number of fused-ring (bicyclic) bond motifs is 1. The van der Waals surface area contributed by atoms with Gasteiger partial charge in [0.15, 0.2) is 0 Å². The second-order valence-electron chi connectivity index (χ2n) is 12.5. The first-order valence-electron chi connectivity index (χ1n) is 17.6. The predicted molar refractivity (Wildman–Crippen MR) is 193 cm³/mol. The third-order valence-electron chi connectivity index (χ3n) is 8.72. The van der Waals surface area contributed by atoms with Crippen LogP contribution in [0.25, 0.3) is 31.2 Å². The molecule has 0 aromatic carbocycles. The lowest BCUT2D eigenvalue weighted by Gasteiger charge is -2.03. The number of hydrogen-bond acceptors (Lipinski definition) is 6. The summed E-state index contributed by atoms with van der Waals surface area (Å²) in [6.07, 6.45) is 32.1. The van der Waals surface area contributed by atoms with Gasteiger partial charge in [0.25, 0.3) is 0 Å². The van der Waals surface area contributed by atoms with E-state index in [-0.39, 0.29) is 0 Å². The standard InChI is InChI=1S/C37H55N3S3/c1-3-5-7-9-11-13-15-17-19-21-23-30-25-33(41-28-30)32-27-38-35(36-37(32)43-40-39-36)34-26-31(29-42-34)24-22-20-18-16-14-12-10-8-6-4-2/h25-29H,3-24H2,1-2H3. The molecule has 0 bridgehead atoms. The Morgan fingerprint density at radius 1 is 0.558 bits per heavy atom. The first-order valence-corrected chi connectivity index (χ1v) is 20.1. The SMILES string of the molecule is CCCCCCCCCCCCc1csc(-c2ncc(-c3cc(CCCCCCCCCCCC)cs3)c3snnc23)c1. The van der Waals surface area contributed by atoms with Gasteiger partial charge in [-0.2, -0.15) is 0 Å². The number of pyridine rings is 1. The second kappa shape index (κ2) is 20.4. The summed E-state index contributed by atoms with van der Waals surface area (Å²) in [5.74, 6) is 0. The van der Waals surface area contributed by atoms with E-state index in [1.165, 1.54) is 184 Å². The fraction of sp³-hybridized carbons (Fsp3) is 0.649. The molecule has 0 aliphatic rings. The van der Waals surface area contributed by atoms with Crippen LogP contribution in [-0.4, -0.2) is 14.6 Å². The molecule has 0 unspecified atom stereocenters. The maximum Gasteiger partial charge on any atom is 0.133 e. The summed E-state index contributed by atoms with van der Waals surface area (Å²) in [6, 6.07) is 4.72. The number of nitrogens with zero attached hydrogens (tertiary/aromatic N) is 3. The molecule has 0 radical (unpaired) electrons. The quantitative estimate of drug-likeness (QED) is 0.0717. The maximum atomic E-state index is 4.95. The first-order chi connectivity index (χ1) is 21.3. The van der Waals surface area contributed by atoms with E-state index >= 15 is 0 Å². The van der Waals surface area contributed by atoms with Crippen molar-refractivity contribution in [1.29, 1.82) is 0 Å². The summed E-state index contributed by atoms with van der Waals surface area (Å²) in [7, 11) is 0. The fourth-order valence-corrected chi connectivity index (χ4v) is 8.70. The monoisotopic (exact) mass is 637 g/mol. The van der Waals surface area contributed by atoms with E-state index in [0.29, 0.717) is 0 Å². The number of aryl methyl sites for hydroxylation is 2. The molecule has 0 saturated carbocycles. The Morgan fingerprint density at radius 2 is 1.02 bits per heavy atom. The van der Waals surface area contributed by atoms with Crippen LogP contribution in [0.15, 0.2) is 29.1 Å². The van der Waals surface area contributed by atoms with Gasteiger partial charge in [-0.1, -0.05) is 134 Å². The molecule has 4 aromatic heterocycles. The van der Waals surface area contributed by atoms with Crippen LogP contribution in [0.1, 0.15) is 153 Å². The van der Waals surface area contributed by atoms with Crippen LogP contribution in [0, 0.1) is 0 Å².